The average molecular weight is 417 g/mol. The second kappa shape index (κ2) is 6.33. The molecule has 0 amide bonds. The minimum atomic E-state index is -0.310. The van der Waals surface area contributed by atoms with E-state index >= 15 is 0 Å². The van der Waals surface area contributed by atoms with Crippen LogP contribution in [0.5, 0.6) is 0 Å². The summed E-state index contributed by atoms with van der Waals surface area (Å²) in [7, 11) is 0. The summed E-state index contributed by atoms with van der Waals surface area (Å²) < 4.78 is 6.93. The molecular formula is C14H10BrIO2. The van der Waals surface area contributed by atoms with Crippen molar-refractivity contribution in [2.75, 3.05) is 0 Å². The van der Waals surface area contributed by atoms with E-state index in [0.29, 0.717) is 5.56 Å². The monoisotopic (exact) mass is 416 g/mol. The van der Waals surface area contributed by atoms with Gasteiger partial charge in [-0.05, 0) is 56.2 Å². The zero-order valence-electron chi connectivity index (χ0n) is 9.40. The summed E-state index contributed by atoms with van der Waals surface area (Å²) >= 11 is 5.49. The van der Waals surface area contributed by atoms with Crippen molar-refractivity contribution in [3.05, 3.63) is 67.7 Å². The minimum Gasteiger partial charge on any atom is -0.457 e. The molecule has 0 aromatic heterocycles. The van der Waals surface area contributed by atoms with Crippen LogP contribution in [0.25, 0.3) is 0 Å². The number of hydrogen-bond acceptors (Lipinski definition) is 2. The lowest BCUT2D eigenvalue weighted by Crippen LogP contribution is -2.08. The standard InChI is InChI=1S/C14H10BrIO2/c15-11-7-4-8-12(16)13(11)14(17)18-9-10-5-2-1-3-6-10/h1-8H,9H2. The van der Waals surface area contributed by atoms with Crippen molar-refractivity contribution < 1.29 is 9.53 Å². The van der Waals surface area contributed by atoms with Gasteiger partial charge in [-0.3, -0.25) is 0 Å². The maximum absolute atomic E-state index is 12.0. The summed E-state index contributed by atoms with van der Waals surface area (Å²) in [5.41, 5.74) is 1.56. The molecule has 0 saturated heterocycles. The van der Waals surface area contributed by atoms with E-state index in [1.807, 2.05) is 48.5 Å². The van der Waals surface area contributed by atoms with Crippen molar-refractivity contribution in [2.24, 2.45) is 0 Å². The molecular weight excluding hydrogens is 407 g/mol. The Kier molecular flexibility index (Phi) is 4.77. The van der Waals surface area contributed by atoms with E-state index < -0.39 is 0 Å². The van der Waals surface area contributed by atoms with E-state index in [2.05, 4.69) is 38.5 Å². The topological polar surface area (TPSA) is 26.3 Å². The number of ether oxygens (including phenoxy) is 1. The van der Waals surface area contributed by atoms with Crippen LogP contribution in [0.15, 0.2) is 53.0 Å². The summed E-state index contributed by atoms with van der Waals surface area (Å²) in [6.45, 7) is 0.289. The normalized spacial score (nSPS) is 10.1. The molecule has 0 heterocycles. The van der Waals surface area contributed by atoms with Crippen LogP contribution >= 0.6 is 38.5 Å². The van der Waals surface area contributed by atoms with Crippen molar-refractivity contribution in [3.8, 4) is 0 Å². The molecule has 4 heteroatoms. The van der Waals surface area contributed by atoms with E-state index in [0.717, 1.165) is 13.6 Å². The first-order valence-electron chi connectivity index (χ1n) is 5.33. The zero-order valence-corrected chi connectivity index (χ0v) is 13.1. The van der Waals surface area contributed by atoms with E-state index in [-0.39, 0.29) is 12.6 Å². The van der Waals surface area contributed by atoms with Crippen LogP contribution < -0.4 is 0 Å². The second-order valence-corrected chi connectivity index (χ2v) is 5.67. The van der Waals surface area contributed by atoms with Crippen molar-refractivity contribution >= 4 is 44.5 Å². The SMILES string of the molecule is O=C(OCc1ccccc1)c1c(Br)cccc1I. The third-order valence-electron chi connectivity index (χ3n) is 2.38. The highest BCUT2D eigenvalue weighted by Gasteiger charge is 2.15. The van der Waals surface area contributed by atoms with Gasteiger partial charge in [0, 0.05) is 8.04 Å². The number of hydrogen-bond donors (Lipinski definition) is 0. The zero-order chi connectivity index (χ0) is 13.0. The van der Waals surface area contributed by atoms with Crippen LogP contribution in [0.3, 0.4) is 0 Å². The third-order valence-corrected chi connectivity index (χ3v) is 3.94. The number of carbonyl (C=O) groups excluding carboxylic acids is 1. The van der Waals surface area contributed by atoms with Crippen LogP contribution in [0.4, 0.5) is 0 Å². The molecule has 0 aliphatic carbocycles. The maximum Gasteiger partial charge on any atom is 0.340 e. The van der Waals surface area contributed by atoms with Gasteiger partial charge in [-0.15, -0.1) is 0 Å². The minimum absolute atomic E-state index is 0.289. The molecule has 18 heavy (non-hydrogen) atoms. The molecule has 2 aromatic carbocycles. The van der Waals surface area contributed by atoms with E-state index in [1.165, 1.54) is 0 Å². The van der Waals surface area contributed by atoms with E-state index in [1.54, 1.807) is 0 Å². The summed E-state index contributed by atoms with van der Waals surface area (Å²) in [4.78, 5) is 12.0. The predicted molar refractivity (Wildman–Crippen MR) is 82.4 cm³/mol. The lowest BCUT2D eigenvalue weighted by molar-refractivity contribution is 0.0470. The van der Waals surface area contributed by atoms with Gasteiger partial charge in [-0.2, -0.15) is 0 Å². The number of esters is 1. The Morgan fingerprint density at radius 1 is 1.11 bits per heavy atom. The fourth-order valence-electron chi connectivity index (χ4n) is 1.49. The van der Waals surface area contributed by atoms with Gasteiger partial charge < -0.3 is 4.74 Å². The molecule has 2 aromatic rings. The Morgan fingerprint density at radius 2 is 1.83 bits per heavy atom. The molecule has 0 unspecified atom stereocenters. The quantitative estimate of drug-likeness (QED) is 0.547. The summed E-state index contributed by atoms with van der Waals surface area (Å²) in [5, 5.41) is 0. The maximum atomic E-state index is 12.0. The number of carbonyl (C=O) groups is 1. The molecule has 0 saturated carbocycles. The first kappa shape index (κ1) is 13.5. The summed E-state index contributed by atoms with van der Waals surface area (Å²) in [6.07, 6.45) is 0. The van der Waals surface area contributed by atoms with Crippen molar-refractivity contribution in [3.63, 3.8) is 0 Å². The van der Waals surface area contributed by atoms with E-state index in [9.17, 15) is 4.79 Å². The molecule has 0 radical (unpaired) electrons. The van der Waals surface area contributed by atoms with Crippen molar-refractivity contribution in [1.82, 2.24) is 0 Å². The molecule has 0 aliphatic heterocycles. The van der Waals surface area contributed by atoms with Crippen LogP contribution in [-0.4, -0.2) is 5.97 Å². The second-order valence-electron chi connectivity index (χ2n) is 3.66. The van der Waals surface area contributed by atoms with Crippen LogP contribution in [0.2, 0.25) is 0 Å². The highest BCUT2D eigenvalue weighted by atomic mass is 127. The molecule has 2 rings (SSSR count). The van der Waals surface area contributed by atoms with Gasteiger partial charge in [0.25, 0.3) is 0 Å². The fraction of sp³-hybridized carbons (Fsp3) is 0.0714. The third kappa shape index (κ3) is 3.32. The molecule has 92 valence electrons. The van der Waals surface area contributed by atoms with Gasteiger partial charge >= 0.3 is 5.97 Å². The molecule has 2 nitrogen and oxygen atoms in total. The van der Waals surface area contributed by atoms with Crippen molar-refractivity contribution in [1.29, 1.82) is 0 Å². The lowest BCUT2D eigenvalue weighted by atomic mass is 10.2. The Balaban J connectivity index is 2.09. The predicted octanol–water partition coefficient (Wildman–Crippen LogP) is 4.41. The molecule has 0 bridgehead atoms. The Hall–Kier alpha value is -0.880. The lowest BCUT2D eigenvalue weighted by Gasteiger charge is -2.08. The largest absolute Gasteiger partial charge is 0.457 e. The van der Waals surface area contributed by atoms with Crippen LogP contribution in [0, 0.1) is 3.57 Å². The highest BCUT2D eigenvalue weighted by Crippen LogP contribution is 2.23. The van der Waals surface area contributed by atoms with Crippen LogP contribution in [0.1, 0.15) is 15.9 Å². The highest BCUT2D eigenvalue weighted by molar-refractivity contribution is 14.1. The van der Waals surface area contributed by atoms with Gasteiger partial charge in [-0.25, -0.2) is 4.79 Å². The Morgan fingerprint density at radius 3 is 2.50 bits per heavy atom. The Labute approximate surface area is 128 Å². The molecule has 0 N–H and O–H groups in total. The summed E-state index contributed by atoms with van der Waals surface area (Å²) in [6, 6.07) is 15.2. The van der Waals surface area contributed by atoms with Gasteiger partial charge in [0.05, 0.1) is 5.56 Å². The number of rotatable bonds is 3. The summed E-state index contributed by atoms with van der Waals surface area (Å²) in [5.74, 6) is -0.310. The first-order valence-corrected chi connectivity index (χ1v) is 7.20. The van der Waals surface area contributed by atoms with Gasteiger partial charge in [0.15, 0.2) is 0 Å². The molecule has 0 atom stereocenters. The average Bonchev–Trinajstić information content (AvgIpc) is 2.37. The number of benzene rings is 2. The van der Waals surface area contributed by atoms with Crippen molar-refractivity contribution in [2.45, 2.75) is 6.61 Å². The van der Waals surface area contributed by atoms with E-state index in [4.69, 9.17) is 4.74 Å². The van der Waals surface area contributed by atoms with Gasteiger partial charge in [-0.1, -0.05) is 36.4 Å². The first-order chi connectivity index (χ1) is 8.68. The van der Waals surface area contributed by atoms with Crippen LogP contribution in [-0.2, 0) is 11.3 Å². The number of halogens is 2. The molecule has 0 spiro atoms. The fourth-order valence-corrected chi connectivity index (χ4v) is 3.11. The molecule has 0 fully saturated rings. The smallest absolute Gasteiger partial charge is 0.340 e. The van der Waals surface area contributed by atoms with Gasteiger partial charge in [0.2, 0.25) is 0 Å². The molecule has 0 aliphatic rings. The van der Waals surface area contributed by atoms with Gasteiger partial charge in [0.1, 0.15) is 6.61 Å². The Bertz CT molecular complexity index is 535.